The first-order chi connectivity index (χ1) is 8.58. The highest BCUT2D eigenvalue weighted by Gasteiger charge is 2.14. The quantitative estimate of drug-likeness (QED) is 0.663. The van der Waals surface area contributed by atoms with Crippen LogP contribution >= 0.6 is 45.2 Å². The Kier molecular flexibility index (Phi) is 4.44. The molecule has 2 aromatic carbocycles. The number of phenolic OH excluding ortho intramolecular Hbond substituents is 1. The van der Waals surface area contributed by atoms with Crippen molar-refractivity contribution in [3.05, 3.63) is 55.2 Å². The van der Waals surface area contributed by atoms with Gasteiger partial charge >= 0.3 is 0 Å². The predicted octanol–water partition coefficient (Wildman–Crippen LogP) is 3.85. The molecule has 0 saturated heterocycles. The molecule has 0 radical (unpaired) electrons. The molecule has 18 heavy (non-hydrogen) atoms. The highest BCUT2D eigenvalue weighted by Crippen LogP contribution is 2.27. The lowest BCUT2D eigenvalue weighted by atomic mass is 10.2. The van der Waals surface area contributed by atoms with Gasteiger partial charge in [0.05, 0.1) is 9.13 Å². The number of aromatic hydroxyl groups is 1. The molecular formula is C13H9I2NO2. The summed E-state index contributed by atoms with van der Waals surface area (Å²) in [6, 6.07) is 12.6. The zero-order valence-corrected chi connectivity index (χ0v) is 13.5. The van der Waals surface area contributed by atoms with Crippen LogP contribution in [0.25, 0.3) is 0 Å². The molecule has 1 amide bonds. The first-order valence-corrected chi connectivity index (χ1v) is 7.28. The van der Waals surface area contributed by atoms with E-state index in [1.807, 2.05) is 46.9 Å². The van der Waals surface area contributed by atoms with E-state index in [4.69, 9.17) is 0 Å². The summed E-state index contributed by atoms with van der Waals surface area (Å²) < 4.78 is 1.57. The van der Waals surface area contributed by atoms with Crippen LogP contribution in [0.5, 0.6) is 5.75 Å². The van der Waals surface area contributed by atoms with Crippen LogP contribution in [-0.4, -0.2) is 11.0 Å². The molecule has 2 aromatic rings. The minimum absolute atomic E-state index is 0.0180. The van der Waals surface area contributed by atoms with Crippen molar-refractivity contribution in [3.8, 4) is 5.75 Å². The number of carbonyl (C=O) groups excluding carboxylic acids is 1. The van der Waals surface area contributed by atoms with Gasteiger partial charge in [-0.2, -0.15) is 0 Å². The Labute approximate surface area is 132 Å². The molecule has 0 aliphatic heterocycles. The number of phenols is 1. The van der Waals surface area contributed by atoms with E-state index in [9.17, 15) is 9.90 Å². The van der Waals surface area contributed by atoms with E-state index in [0.29, 0.717) is 9.26 Å². The molecule has 0 heterocycles. The SMILES string of the molecule is O=C(Nc1ccccc1)c1cc(I)cc(I)c1O. The van der Waals surface area contributed by atoms with Crippen molar-refractivity contribution in [3.63, 3.8) is 0 Å². The van der Waals surface area contributed by atoms with E-state index < -0.39 is 0 Å². The fraction of sp³-hybridized carbons (Fsp3) is 0. The summed E-state index contributed by atoms with van der Waals surface area (Å²) in [7, 11) is 0. The van der Waals surface area contributed by atoms with E-state index >= 15 is 0 Å². The summed E-state index contributed by atoms with van der Waals surface area (Å²) in [5, 5.41) is 12.6. The fourth-order valence-corrected chi connectivity index (χ4v) is 3.30. The first kappa shape index (κ1) is 13.6. The van der Waals surface area contributed by atoms with Crippen LogP contribution in [-0.2, 0) is 0 Å². The maximum Gasteiger partial charge on any atom is 0.259 e. The number of halogens is 2. The van der Waals surface area contributed by atoms with E-state index in [2.05, 4.69) is 27.9 Å². The second-order valence-electron chi connectivity index (χ2n) is 3.60. The Hall–Kier alpha value is -0.830. The Morgan fingerprint density at radius 3 is 2.44 bits per heavy atom. The predicted molar refractivity (Wildman–Crippen MR) is 87.9 cm³/mol. The summed E-state index contributed by atoms with van der Waals surface area (Å²) in [4.78, 5) is 12.1. The number of benzene rings is 2. The van der Waals surface area contributed by atoms with Gasteiger partial charge in [-0.15, -0.1) is 0 Å². The van der Waals surface area contributed by atoms with Gasteiger partial charge in [0.15, 0.2) is 0 Å². The van der Waals surface area contributed by atoms with Crippen molar-refractivity contribution in [2.75, 3.05) is 5.32 Å². The van der Waals surface area contributed by atoms with Crippen LogP contribution in [0.15, 0.2) is 42.5 Å². The van der Waals surface area contributed by atoms with Gasteiger partial charge < -0.3 is 10.4 Å². The summed E-state index contributed by atoms with van der Waals surface area (Å²) in [5.74, 6) is -0.292. The lowest BCUT2D eigenvalue weighted by Crippen LogP contribution is -2.12. The third kappa shape index (κ3) is 3.14. The second-order valence-corrected chi connectivity index (χ2v) is 6.01. The number of nitrogens with one attached hydrogen (secondary N) is 1. The van der Waals surface area contributed by atoms with Gasteiger partial charge in [0, 0.05) is 9.26 Å². The molecule has 2 rings (SSSR count). The third-order valence-electron chi connectivity index (χ3n) is 2.30. The number of carbonyl (C=O) groups is 1. The zero-order valence-electron chi connectivity index (χ0n) is 9.15. The number of para-hydroxylation sites is 1. The lowest BCUT2D eigenvalue weighted by molar-refractivity contribution is 0.102. The molecule has 0 spiro atoms. The Balaban J connectivity index is 2.30. The number of amides is 1. The van der Waals surface area contributed by atoms with Crippen molar-refractivity contribution in [2.45, 2.75) is 0 Å². The van der Waals surface area contributed by atoms with Gasteiger partial charge in [-0.3, -0.25) is 4.79 Å². The molecule has 0 saturated carbocycles. The van der Waals surface area contributed by atoms with Crippen molar-refractivity contribution >= 4 is 56.8 Å². The Morgan fingerprint density at radius 2 is 1.78 bits per heavy atom. The van der Waals surface area contributed by atoms with Gasteiger partial charge in [0.2, 0.25) is 0 Å². The molecular weight excluding hydrogens is 456 g/mol. The summed E-state index contributed by atoms with van der Waals surface area (Å²) in [5.41, 5.74) is 0.992. The number of anilines is 1. The van der Waals surface area contributed by atoms with Gasteiger partial charge in [0.25, 0.3) is 5.91 Å². The zero-order chi connectivity index (χ0) is 13.1. The summed E-state index contributed by atoms with van der Waals surface area (Å²) >= 11 is 4.12. The smallest absolute Gasteiger partial charge is 0.259 e. The van der Waals surface area contributed by atoms with Gasteiger partial charge in [-0.25, -0.2) is 0 Å². The van der Waals surface area contributed by atoms with Crippen LogP contribution in [0, 0.1) is 7.14 Å². The second kappa shape index (κ2) is 5.87. The average molecular weight is 465 g/mol. The summed E-state index contributed by atoms with van der Waals surface area (Å²) in [6.07, 6.45) is 0. The monoisotopic (exact) mass is 465 g/mol. The average Bonchev–Trinajstić information content (AvgIpc) is 2.35. The molecule has 0 aliphatic carbocycles. The molecule has 5 heteroatoms. The van der Waals surface area contributed by atoms with Crippen molar-refractivity contribution < 1.29 is 9.90 Å². The number of hydrogen-bond acceptors (Lipinski definition) is 2. The van der Waals surface area contributed by atoms with Crippen molar-refractivity contribution in [1.82, 2.24) is 0 Å². The van der Waals surface area contributed by atoms with Crippen molar-refractivity contribution in [1.29, 1.82) is 0 Å². The fourth-order valence-electron chi connectivity index (χ4n) is 1.46. The number of hydrogen-bond donors (Lipinski definition) is 2. The molecule has 0 aliphatic rings. The van der Waals surface area contributed by atoms with E-state index in [0.717, 1.165) is 3.57 Å². The normalized spacial score (nSPS) is 10.1. The van der Waals surface area contributed by atoms with Crippen LogP contribution in [0.3, 0.4) is 0 Å². The molecule has 0 fully saturated rings. The standard InChI is InChI=1S/C13H9I2NO2/c14-8-6-10(12(17)11(15)7-8)13(18)16-9-4-2-1-3-5-9/h1-7,17H,(H,16,18). The molecule has 0 atom stereocenters. The molecule has 0 unspecified atom stereocenters. The van der Waals surface area contributed by atoms with Crippen LogP contribution in [0.4, 0.5) is 5.69 Å². The minimum atomic E-state index is -0.310. The van der Waals surface area contributed by atoms with E-state index in [1.54, 1.807) is 18.2 Å². The van der Waals surface area contributed by atoms with Crippen molar-refractivity contribution in [2.24, 2.45) is 0 Å². The van der Waals surface area contributed by atoms with Gasteiger partial charge in [-0.05, 0) is 69.4 Å². The molecule has 0 aromatic heterocycles. The topological polar surface area (TPSA) is 49.3 Å². The number of rotatable bonds is 2. The van der Waals surface area contributed by atoms with E-state index in [-0.39, 0.29) is 17.2 Å². The minimum Gasteiger partial charge on any atom is -0.506 e. The van der Waals surface area contributed by atoms with Gasteiger partial charge in [0.1, 0.15) is 5.75 Å². The molecule has 92 valence electrons. The summed E-state index contributed by atoms with van der Waals surface area (Å²) in [6.45, 7) is 0. The third-order valence-corrected chi connectivity index (χ3v) is 3.75. The van der Waals surface area contributed by atoms with Crippen LogP contribution in [0.1, 0.15) is 10.4 Å². The van der Waals surface area contributed by atoms with E-state index in [1.165, 1.54) is 0 Å². The largest absolute Gasteiger partial charge is 0.506 e. The lowest BCUT2D eigenvalue weighted by Gasteiger charge is -2.08. The Bertz CT molecular complexity index is 585. The van der Waals surface area contributed by atoms with Crippen LogP contribution in [0.2, 0.25) is 0 Å². The highest BCUT2D eigenvalue weighted by molar-refractivity contribution is 14.1. The molecule has 3 nitrogen and oxygen atoms in total. The maximum absolute atomic E-state index is 12.1. The van der Waals surface area contributed by atoms with Crippen LogP contribution < -0.4 is 5.32 Å². The molecule has 2 N–H and O–H groups in total. The van der Waals surface area contributed by atoms with Gasteiger partial charge in [-0.1, -0.05) is 18.2 Å². The molecule has 0 bridgehead atoms. The highest BCUT2D eigenvalue weighted by atomic mass is 127. The first-order valence-electron chi connectivity index (χ1n) is 5.12. The maximum atomic E-state index is 12.1. The Morgan fingerprint density at radius 1 is 1.11 bits per heavy atom.